The van der Waals surface area contributed by atoms with Crippen LogP contribution >= 0.6 is 0 Å². The molecule has 0 bridgehead atoms. The molecule has 0 N–H and O–H groups in total. The maximum absolute atomic E-state index is 11.6. The zero-order chi connectivity index (χ0) is 13.7. The number of nitrogens with zero attached hydrogens (tertiary/aromatic N) is 1. The van der Waals surface area contributed by atoms with Gasteiger partial charge in [0.15, 0.2) is 9.84 Å². The van der Waals surface area contributed by atoms with E-state index in [1.807, 2.05) is 0 Å². The summed E-state index contributed by atoms with van der Waals surface area (Å²) in [4.78, 5) is 2.44. The molecule has 0 amide bonds. The molecule has 4 nitrogen and oxygen atoms in total. The maximum Gasteiger partial charge on any atom is 0.150 e. The molecule has 2 heterocycles. The summed E-state index contributed by atoms with van der Waals surface area (Å²) in [7, 11) is -2.74. The number of sulfone groups is 1. The second kappa shape index (κ2) is 4.43. The van der Waals surface area contributed by atoms with E-state index in [4.69, 9.17) is 4.74 Å². The van der Waals surface area contributed by atoms with Crippen LogP contribution in [0.2, 0.25) is 0 Å². The number of hydrogen-bond acceptors (Lipinski definition) is 4. The monoisotopic (exact) mass is 287 g/mol. The van der Waals surface area contributed by atoms with Gasteiger partial charge in [0.2, 0.25) is 0 Å². The van der Waals surface area contributed by atoms with Crippen LogP contribution in [0.25, 0.3) is 0 Å². The van der Waals surface area contributed by atoms with Crippen LogP contribution in [-0.4, -0.2) is 57.2 Å². The first kappa shape index (κ1) is 13.8. The molecule has 0 atom stereocenters. The van der Waals surface area contributed by atoms with Crippen molar-refractivity contribution in [3.05, 3.63) is 0 Å². The van der Waals surface area contributed by atoms with Gasteiger partial charge in [0.25, 0.3) is 0 Å². The average Bonchev–Trinajstić information content (AvgIpc) is 2.94. The summed E-state index contributed by atoms with van der Waals surface area (Å²) < 4.78 is 28.9. The number of likely N-dealkylation sites (tertiary alicyclic amines) is 1. The topological polar surface area (TPSA) is 46.6 Å². The van der Waals surface area contributed by atoms with Gasteiger partial charge in [-0.2, -0.15) is 0 Å². The molecule has 3 rings (SSSR count). The third kappa shape index (κ3) is 2.98. The van der Waals surface area contributed by atoms with Crippen LogP contribution < -0.4 is 0 Å². The molecule has 0 radical (unpaired) electrons. The van der Waals surface area contributed by atoms with Crippen LogP contribution in [0.5, 0.6) is 0 Å². The van der Waals surface area contributed by atoms with Crippen molar-refractivity contribution in [2.24, 2.45) is 10.8 Å². The van der Waals surface area contributed by atoms with Gasteiger partial charge >= 0.3 is 0 Å². The van der Waals surface area contributed by atoms with Gasteiger partial charge in [-0.05, 0) is 33.1 Å². The molecule has 1 spiro atoms. The summed E-state index contributed by atoms with van der Waals surface area (Å²) in [5.41, 5.74) is 0.483. The van der Waals surface area contributed by atoms with Gasteiger partial charge in [-0.1, -0.05) is 0 Å². The lowest BCUT2D eigenvalue weighted by atomic mass is 9.79. The molecular weight excluding hydrogens is 262 g/mol. The summed E-state index contributed by atoms with van der Waals surface area (Å²) in [6.07, 6.45) is 3.71. The maximum atomic E-state index is 11.6. The van der Waals surface area contributed by atoms with E-state index in [1.54, 1.807) is 0 Å². The molecule has 2 aliphatic heterocycles. The predicted octanol–water partition coefficient (Wildman–Crippen LogP) is 1.31. The van der Waals surface area contributed by atoms with Gasteiger partial charge < -0.3 is 9.64 Å². The Hall–Kier alpha value is -0.130. The van der Waals surface area contributed by atoms with Crippen molar-refractivity contribution in [3.8, 4) is 0 Å². The van der Waals surface area contributed by atoms with Crippen molar-refractivity contribution in [2.75, 3.05) is 37.7 Å². The Morgan fingerprint density at radius 3 is 2.37 bits per heavy atom. The molecule has 3 fully saturated rings. The smallest absolute Gasteiger partial charge is 0.150 e. The fraction of sp³-hybridized carbons (Fsp3) is 1.00. The fourth-order valence-electron chi connectivity index (χ4n) is 3.59. The molecule has 19 heavy (non-hydrogen) atoms. The highest BCUT2D eigenvalue weighted by atomic mass is 32.2. The molecule has 0 aromatic carbocycles. The minimum Gasteiger partial charge on any atom is -0.378 e. The number of ether oxygens (including phenoxy) is 1. The second-order valence-corrected chi connectivity index (χ2v) is 9.53. The fourth-order valence-corrected chi connectivity index (χ4v) is 5.74. The number of rotatable bonds is 5. The summed E-state index contributed by atoms with van der Waals surface area (Å²) in [5, 5.41) is 0. The van der Waals surface area contributed by atoms with E-state index in [0.29, 0.717) is 23.0 Å². The lowest BCUT2D eigenvalue weighted by molar-refractivity contribution is -0.0216. The SMILES string of the molecule is CC(C)OCC1(CN2CC3(CCS(=O)(=O)C3)C2)CC1. The molecule has 0 unspecified atom stereocenters. The van der Waals surface area contributed by atoms with Crippen molar-refractivity contribution < 1.29 is 13.2 Å². The van der Waals surface area contributed by atoms with Crippen molar-refractivity contribution in [2.45, 2.75) is 39.2 Å². The van der Waals surface area contributed by atoms with E-state index >= 15 is 0 Å². The molecule has 0 aromatic rings. The Kier molecular flexibility index (Phi) is 3.23. The van der Waals surface area contributed by atoms with Crippen molar-refractivity contribution in [1.82, 2.24) is 4.90 Å². The van der Waals surface area contributed by atoms with E-state index in [0.717, 1.165) is 32.7 Å². The van der Waals surface area contributed by atoms with Gasteiger partial charge in [0.05, 0.1) is 24.2 Å². The van der Waals surface area contributed by atoms with Crippen molar-refractivity contribution in [3.63, 3.8) is 0 Å². The van der Waals surface area contributed by atoms with Crippen LogP contribution in [0, 0.1) is 10.8 Å². The molecule has 3 aliphatic rings. The minimum absolute atomic E-state index is 0.105. The Bertz CT molecular complexity index is 447. The van der Waals surface area contributed by atoms with Gasteiger partial charge in [-0.3, -0.25) is 0 Å². The van der Waals surface area contributed by atoms with Gasteiger partial charge in [-0.25, -0.2) is 8.42 Å². The van der Waals surface area contributed by atoms with Gasteiger partial charge in [0, 0.05) is 30.5 Å². The molecule has 5 heteroatoms. The zero-order valence-electron chi connectivity index (χ0n) is 12.0. The average molecular weight is 287 g/mol. The third-order valence-electron chi connectivity index (χ3n) is 4.83. The zero-order valence-corrected chi connectivity index (χ0v) is 12.8. The molecule has 1 saturated carbocycles. The summed E-state index contributed by atoms with van der Waals surface area (Å²) in [6.45, 7) is 8.09. The van der Waals surface area contributed by atoms with Crippen LogP contribution in [0.15, 0.2) is 0 Å². The third-order valence-corrected chi connectivity index (χ3v) is 6.70. The Morgan fingerprint density at radius 1 is 1.21 bits per heavy atom. The predicted molar refractivity (Wildman–Crippen MR) is 74.9 cm³/mol. The Morgan fingerprint density at radius 2 is 1.89 bits per heavy atom. The van der Waals surface area contributed by atoms with E-state index in [-0.39, 0.29) is 5.41 Å². The molecule has 110 valence electrons. The van der Waals surface area contributed by atoms with E-state index < -0.39 is 9.84 Å². The molecule has 0 aromatic heterocycles. The van der Waals surface area contributed by atoms with E-state index in [1.165, 1.54) is 12.8 Å². The highest BCUT2D eigenvalue weighted by molar-refractivity contribution is 7.91. The highest BCUT2D eigenvalue weighted by Crippen LogP contribution is 2.50. The summed E-state index contributed by atoms with van der Waals surface area (Å²) >= 11 is 0. The normalized spacial score (nSPS) is 30.7. The second-order valence-electron chi connectivity index (χ2n) is 7.35. The first-order valence-electron chi connectivity index (χ1n) is 7.37. The van der Waals surface area contributed by atoms with E-state index in [2.05, 4.69) is 18.7 Å². The largest absolute Gasteiger partial charge is 0.378 e. The van der Waals surface area contributed by atoms with Gasteiger partial charge in [0.1, 0.15) is 0 Å². The standard InChI is InChI=1S/C14H25NO3S/c1-12(2)18-10-13(3-4-13)7-15-8-14(9-15)5-6-19(16,17)11-14/h12H,3-11H2,1-2H3. The first-order valence-corrected chi connectivity index (χ1v) is 9.19. The summed E-state index contributed by atoms with van der Waals surface area (Å²) in [6, 6.07) is 0. The highest BCUT2D eigenvalue weighted by Gasteiger charge is 2.53. The summed E-state index contributed by atoms with van der Waals surface area (Å²) in [5.74, 6) is 0.828. The van der Waals surface area contributed by atoms with Crippen LogP contribution in [0.4, 0.5) is 0 Å². The van der Waals surface area contributed by atoms with Gasteiger partial charge in [-0.15, -0.1) is 0 Å². The molecule has 1 aliphatic carbocycles. The van der Waals surface area contributed by atoms with Crippen molar-refractivity contribution >= 4 is 9.84 Å². The van der Waals surface area contributed by atoms with Crippen LogP contribution in [0.3, 0.4) is 0 Å². The Balaban J connectivity index is 1.47. The lowest BCUT2D eigenvalue weighted by Gasteiger charge is -2.49. The van der Waals surface area contributed by atoms with Crippen LogP contribution in [-0.2, 0) is 14.6 Å². The van der Waals surface area contributed by atoms with E-state index in [9.17, 15) is 8.42 Å². The van der Waals surface area contributed by atoms with Crippen LogP contribution in [0.1, 0.15) is 33.1 Å². The lowest BCUT2D eigenvalue weighted by Crippen LogP contribution is -2.58. The Labute approximate surface area is 116 Å². The minimum atomic E-state index is -2.74. The molecule has 2 saturated heterocycles. The first-order chi connectivity index (χ1) is 8.82. The van der Waals surface area contributed by atoms with Crippen molar-refractivity contribution in [1.29, 1.82) is 0 Å². The number of hydrogen-bond donors (Lipinski definition) is 0. The molecular formula is C14H25NO3S. The quantitative estimate of drug-likeness (QED) is 0.765.